The van der Waals surface area contributed by atoms with Gasteiger partial charge in [-0.15, -0.1) is 0 Å². The van der Waals surface area contributed by atoms with Gasteiger partial charge in [0.1, 0.15) is 5.66 Å². The number of nitrogens with one attached hydrogen (secondary N) is 2. The number of hydrogen-bond acceptors (Lipinski definition) is 2. The molecule has 2 atom stereocenters. The highest BCUT2D eigenvalue weighted by molar-refractivity contribution is 7.80. The molecule has 1 saturated carbocycles. The molecule has 1 aliphatic carbocycles. The molecule has 0 aromatic heterocycles. The van der Waals surface area contributed by atoms with E-state index < -0.39 is 0 Å². The van der Waals surface area contributed by atoms with Crippen LogP contribution in [0.15, 0.2) is 18.2 Å². The summed E-state index contributed by atoms with van der Waals surface area (Å²) in [7, 11) is 0. The van der Waals surface area contributed by atoms with Crippen molar-refractivity contribution in [2.45, 2.75) is 52.1 Å². The lowest BCUT2D eigenvalue weighted by molar-refractivity contribution is 0.191. The molecule has 1 heterocycles. The number of anilines is 1. The van der Waals surface area contributed by atoms with E-state index in [9.17, 15) is 0 Å². The summed E-state index contributed by atoms with van der Waals surface area (Å²) in [5.74, 6) is 0.741. The average molecular weight is 289 g/mol. The van der Waals surface area contributed by atoms with E-state index in [-0.39, 0.29) is 5.66 Å². The standard InChI is InChI=1S/C16H23N3S/c1-11-6-5-9-16(10-11)17-15(20)19(18-16)14-8-4-7-12(2)13(14)3/h4,7-8,11,18H,5-6,9-10H2,1-3H3,(H,17,20)/t11-,16+/m1/s1. The van der Waals surface area contributed by atoms with Crippen LogP contribution in [0, 0.1) is 19.8 Å². The summed E-state index contributed by atoms with van der Waals surface area (Å²) in [4.78, 5) is 0. The second-order valence-corrected chi connectivity index (χ2v) is 6.77. The topological polar surface area (TPSA) is 27.3 Å². The van der Waals surface area contributed by atoms with E-state index in [0.717, 1.165) is 29.6 Å². The van der Waals surface area contributed by atoms with Crippen LogP contribution in [0.3, 0.4) is 0 Å². The van der Waals surface area contributed by atoms with Gasteiger partial charge in [0, 0.05) is 0 Å². The highest BCUT2D eigenvalue weighted by Crippen LogP contribution is 2.35. The molecule has 0 amide bonds. The molecule has 4 heteroatoms. The van der Waals surface area contributed by atoms with Gasteiger partial charge in [-0.25, -0.2) is 10.4 Å². The van der Waals surface area contributed by atoms with Gasteiger partial charge in [-0.2, -0.15) is 0 Å². The first-order chi connectivity index (χ1) is 9.51. The molecule has 1 aromatic carbocycles. The zero-order chi connectivity index (χ0) is 14.3. The molecule has 1 spiro atoms. The number of hydrazine groups is 1. The number of rotatable bonds is 1. The molecule has 3 nitrogen and oxygen atoms in total. The van der Waals surface area contributed by atoms with Gasteiger partial charge in [0.15, 0.2) is 5.11 Å². The first kappa shape index (κ1) is 13.8. The molecule has 0 radical (unpaired) electrons. The fourth-order valence-corrected chi connectivity index (χ4v) is 3.81. The summed E-state index contributed by atoms with van der Waals surface area (Å²) >= 11 is 5.57. The zero-order valence-corrected chi connectivity index (χ0v) is 13.3. The van der Waals surface area contributed by atoms with Crippen LogP contribution >= 0.6 is 12.2 Å². The molecule has 1 aliphatic heterocycles. The van der Waals surface area contributed by atoms with Crippen molar-refractivity contribution < 1.29 is 0 Å². The maximum atomic E-state index is 5.57. The molecule has 0 bridgehead atoms. The third-order valence-electron chi connectivity index (χ3n) is 4.69. The fraction of sp³-hybridized carbons (Fsp3) is 0.562. The number of hydrogen-bond donors (Lipinski definition) is 2. The van der Waals surface area contributed by atoms with Crippen molar-refractivity contribution in [2.75, 3.05) is 5.01 Å². The van der Waals surface area contributed by atoms with E-state index >= 15 is 0 Å². The van der Waals surface area contributed by atoms with Crippen molar-refractivity contribution in [2.24, 2.45) is 5.92 Å². The SMILES string of the molecule is Cc1cccc(N2N[C@]3(CCC[C@@H](C)C3)NC2=S)c1C. The Bertz CT molecular complexity index is 543. The minimum absolute atomic E-state index is 0.0368. The van der Waals surface area contributed by atoms with E-state index in [1.165, 1.54) is 24.0 Å². The predicted octanol–water partition coefficient (Wildman–Crippen LogP) is 3.41. The average Bonchev–Trinajstić information content (AvgIpc) is 2.69. The molecule has 3 rings (SSSR count). The Morgan fingerprint density at radius 3 is 2.90 bits per heavy atom. The van der Waals surface area contributed by atoms with E-state index in [0.29, 0.717) is 0 Å². The monoisotopic (exact) mass is 289 g/mol. The van der Waals surface area contributed by atoms with Crippen LogP contribution in [0.25, 0.3) is 0 Å². The maximum Gasteiger partial charge on any atom is 0.189 e. The van der Waals surface area contributed by atoms with Gasteiger partial charge in [-0.1, -0.05) is 25.5 Å². The van der Waals surface area contributed by atoms with Crippen molar-refractivity contribution in [3.8, 4) is 0 Å². The Labute approximate surface area is 126 Å². The molecule has 108 valence electrons. The van der Waals surface area contributed by atoms with Gasteiger partial charge in [-0.3, -0.25) is 0 Å². The molecular formula is C16H23N3S. The van der Waals surface area contributed by atoms with E-state index in [2.05, 4.69) is 54.7 Å². The Morgan fingerprint density at radius 1 is 1.35 bits per heavy atom. The molecule has 2 fully saturated rings. The van der Waals surface area contributed by atoms with Crippen molar-refractivity contribution in [3.63, 3.8) is 0 Å². The van der Waals surface area contributed by atoms with Crippen LogP contribution in [0.4, 0.5) is 5.69 Å². The van der Waals surface area contributed by atoms with Crippen molar-refractivity contribution in [1.29, 1.82) is 0 Å². The molecule has 20 heavy (non-hydrogen) atoms. The molecule has 2 aliphatic rings. The summed E-state index contributed by atoms with van der Waals surface area (Å²) in [5, 5.41) is 6.41. The lowest BCUT2D eigenvalue weighted by atomic mass is 9.83. The van der Waals surface area contributed by atoms with E-state index in [4.69, 9.17) is 12.2 Å². The van der Waals surface area contributed by atoms with Gasteiger partial charge in [0.2, 0.25) is 0 Å². The number of aryl methyl sites for hydroxylation is 1. The Kier molecular flexibility index (Phi) is 3.46. The van der Waals surface area contributed by atoms with Gasteiger partial charge in [0.25, 0.3) is 0 Å². The molecule has 0 unspecified atom stereocenters. The molecule has 1 aromatic rings. The second-order valence-electron chi connectivity index (χ2n) is 6.38. The molecular weight excluding hydrogens is 266 g/mol. The van der Waals surface area contributed by atoms with Crippen molar-refractivity contribution in [1.82, 2.24) is 10.7 Å². The van der Waals surface area contributed by atoms with Crippen LogP contribution < -0.4 is 15.8 Å². The molecule has 1 saturated heterocycles. The van der Waals surface area contributed by atoms with Gasteiger partial charge < -0.3 is 5.32 Å². The summed E-state index contributed by atoms with van der Waals surface area (Å²) in [6.07, 6.45) is 4.85. The summed E-state index contributed by atoms with van der Waals surface area (Å²) < 4.78 is 0. The first-order valence-electron chi connectivity index (χ1n) is 7.47. The van der Waals surface area contributed by atoms with Crippen LogP contribution in [0.1, 0.15) is 43.7 Å². The van der Waals surface area contributed by atoms with Gasteiger partial charge in [0.05, 0.1) is 5.69 Å². The highest BCUT2D eigenvalue weighted by atomic mass is 32.1. The quantitative estimate of drug-likeness (QED) is 0.775. The summed E-state index contributed by atoms with van der Waals surface area (Å²) in [5.41, 5.74) is 7.36. The van der Waals surface area contributed by atoms with Gasteiger partial charge >= 0.3 is 0 Å². The lowest BCUT2D eigenvalue weighted by Gasteiger charge is -2.36. The first-order valence-corrected chi connectivity index (χ1v) is 7.88. The zero-order valence-electron chi connectivity index (χ0n) is 12.5. The van der Waals surface area contributed by atoms with Crippen molar-refractivity contribution in [3.05, 3.63) is 29.3 Å². The largest absolute Gasteiger partial charge is 0.342 e. The normalized spacial score (nSPS) is 29.9. The Balaban J connectivity index is 1.89. The second kappa shape index (κ2) is 5.01. The summed E-state index contributed by atoms with van der Waals surface area (Å²) in [6.45, 7) is 6.63. The van der Waals surface area contributed by atoms with Crippen LogP contribution in [0.5, 0.6) is 0 Å². The van der Waals surface area contributed by atoms with Crippen LogP contribution in [-0.2, 0) is 0 Å². The van der Waals surface area contributed by atoms with E-state index in [1.54, 1.807) is 0 Å². The number of benzene rings is 1. The maximum absolute atomic E-state index is 5.57. The third-order valence-corrected chi connectivity index (χ3v) is 4.97. The lowest BCUT2D eigenvalue weighted by Crippen LogP contribution is -2.54. The number of thiocarbonyl (C=S) groups is 1. The number of nitrogens with zero attached hydrogens (tertiary/aromatic N) is 1. The highest BCUT2D eigenvalue weighted by Gasteiger charge is 2.43. The molecule has 2 N–H and O–H groups in total. The smallest absolute Gasteiger partial charge is 0.189 e. The Hall–Kier alpha value is -1.13. The van der Waals surface area contributed by atoms with Crippen LogP contribution in [0.2, 0.25) is 0 Å². The summed E-state index contributed by atoms with van der Waals surface area (Å²) in [6, 6.07) is 6.37. The third kappa shape index (κ3) is 2.31. The fourth-order valence-electron chi connectivity index (χ4n) is 3.47. The van der Waals surface area contributed by atoms with Gasteiger partial charge in [-0.05, 0) is 68.4 Å². The van der Waals surface area contributed by atoms with Crippen LogP contribution in [-0.4, -0.2) is 10.8 Å². The van der Waals surface area contributed by atoms with E-state index in [1.807, 2.05) is 0 Å². The minimum atomic E-state index is -0.0368. The Morgan fingerprint density at radius 2 is 2.15 bits per heavy atom. The van der Waals surface area contributed by atoms with Crippen molar-refractivity contribution >= 4 is 23.0 Å². The predicted molar refractivity (Wildman–Crippen MR) is 87.6 cm³/mol. The minimum Gasteiger partial charge on any atom is -0.342 e.